The molecule has 1 rings (SSSR count). The van der Waals surface area contributed by atoms with Gasteiger partial charge in [0.15, 0.2) is 0 Å². The molecular formula is C14H20N2O3. The largest absolute Gasteiger partial charge is 0.497 e. The molecule has 0 aliphatic rings. The van der Waals surface area contributed by atoms with E-state index in [1.54, 1.807) is 14.0 Å². The third-order valence-corrected chi connectivity index (χ3v) is 2.89. The molecule has 0 saturated heterocycles. The fourth-order valence-corrected chi connectivity index (χ4v) is 1.69. The molecule has 104 valence electrons. The van der Waals surface area contributed by atoms with Crippen molar-refractivity contribution in [2.75, 3.05) is 7.11 Å². The molecule has 19 heavy (non-hydrogen) atoms. The number of methoxy groups -OCH3 is 1. The number of nitrogens with two attached hydrogens (primary N) is 1. The van der Waals surface area contributed by atoms with Crippen LogP contribution < -0.4 is 15.8 Å². The van der Waals surface area contributed by atoms with Gasteiger partial charge in [-0.3, -0.25) is 9.59 Å². The second-order valence-electron chi connectivity index (χ2n) is 4.28. The summed E-state index contributed by atoms with van der Waals surface area (Å²) in [7, 11) is 1.61. The number of rotatable bonds is 7. The summed E-state index contributed by atoms with van der Waals surface area (Å²) in [5, 5.41) is 2.62. The first kappa shape index (κ1) is 15.0. The number of carbonyl (C=O) groups is 2. The maximum absolute atomic E-state index is 11.7. The summed E-state index contributed by atoms with van der Waals surface area (Å²) >= 11 is 0. The number of hydrogen-bond acceptors (Lipinski definition) is 3. The van der Waals surface area contributed by atoms with Gasteiger partial charge in [0.2, 0.25) is 11.8 Å². The number of primary amides is 1. The van der Waals surface area contributed by atoms with Crippen molar-refractivity contribution in [1.82, 2.24) is 5.32 Å². The molecule has 0 aliphatic carbocycles. The molecule has 0 fully saturated rings. The lowest BCUT2D eigenvalue weighted by atomic mass is 10.1. The highest BCUT2D eigenvalue weighted by Gasteiger charge is 2.15. The van der Waals surface area contributed by atoms with Crippen LogP contribution >= 0.6 is 0 Å². The highest BCUT2D eigenvalue weighted by Crippen LogP contribution is 2.12. The minimum atomic E-state index is -0.580. The number of hydrogen-bond donors (Lipinski definition) is 2. The first-order valence-corrected chi connectivity index (χ1v) is 6.28. The summed E-state index contributed by atoms with van der Waals surface area (Å²) in [6, 6.07) is 6.95. The highest BCUT2D eigenvalue weighted by atomic mass is 16.5. The maximum atomic E-state index is 11.7. The van der Waals surface area contributed by atoms with Crippen LogP contribution in [0.3, 0.4) is 0 Å². The van der Waals surface area contributed by atoms with Crippen LogP contribution in [-0.2, 0) is 16.0 Å². The number of benzene rings is 1. The normalized spacial score (nSPS) is 11.7. The molecular weight excluding hydrogens is 244 g/mol. The monoisotopic (exact) mass is 264 g/mol. The van der Waals surface area contributed by atoms with E-state index in [1.165, 1.54) is 0 Å². The van der Waals surface area contributed by atoms with Gasteiger partial charge in [0.05, 0.1) is 7.11 Å². The fourth-order valence-electron chi connectivity index (χ4n) is 1.69. The van der Waals surface area contributed by atoms with Crippen molar-refractivity contribution >= 4 is 11.8 Å². The van der Waals surface area contributed by atoms with Crippen LogP contribution in [0.5, 0.6) is 5.75 Å². The van der Waals surface area contributed by atoms with E-state index in [0.29, 0.717) is 19.3 Å². The third-order valence-electron chi connectivity index (χ3n) is 2.89. The van der Waals surface area contributed by atoms with Crippen molar-refractivity contribution in [3.05, 3.63) is 29.8 Å². The Hall–Kier alpha value is -2.04. The summed E-state index contributed by atoms with van der Waals surface area (Å²) in [5.74, 6) is 0.120. The summed E-state index contributed by atoms with van der Waals surface area (Å²) in [4.78, 5) is 22.7. The van der Waals surface area contributed by atoms with Crippen molar-refractivity contribution in [2.24, 2.45) is 5.73 Å². The zero-order valence-electron chi connectivity index (χ0n) is 11.3. The zero-order valence-corrected chi connectivity index (χ0v) is 11.3. The average molecular weight is 264 g/mol. The van der Waals surface area contributed by atoms with E-state index >= 15 is 0 Å². The van der Waals surface area contributed by atoms with Crippen molar-refractivity contribution in [2.45, 2.75) is 32.2 Å². The summed E-state index contributed by atoms with van der Waals surface area (Å²) in [6.45, 7) is 1.80. The Balaban J connectivity index is 2.42. The van der Waals surface area contributed by atoms with Gasteiger partial charge in [0.1, 0.15) is 11.8 Å². The predicted octanol–water partition coefficient (Wildman–Crippen LogP) is 1.01. The van der Waals surface area contributed by atoms with Gasteiger partial charge in [-0.05, 0) is 30.5 Å². The van der Waals surface area contributed by atoms with Crippen LogP contribution in [-0.4, -0.2) is 25.0 Å². The molecule has 5 nitrogen and oxygen atoms in total. The molecule has 0 radical (unpaired) electrons. The van der Waals surface area contributed by atoms with E-state index in [2.05, 4.69) is 5.32 Å². The molecule has 0 unspecified atom stereocenters. The molecule has 1 atom stereocenters. The van der Waals surface area contributed by atoms with Crippen LogP contribution in [0.1, 0.15) is 25.3 Å². The van der Waals surface area contributed by atoms with E-state index in [9.17, 15) is 9.59 Å². The van der Waals surface area contributed by atoms with Gasteiger partial charge in [0.25, 0.3) is 0 Å². The van der Waals surface area contributed by atoms with E-state index in [1.807, 2.05) is 24.3 Å². The number of carbonyl (C=O) groups excluding carboxylic acids is 2. The minimum Gasteiger partial charge on any atom is -0.497 e. The van der Waals surface area contributed by atoms with E-state index in [0.717, 1.165) is 11.3 Å². The summed E-state index contributed by atoms with van der Waals surface area (Å²) in [6.07, 6.45) is 1.45. The van der Waals surface area contributed by atoms with Gasteiger partial charge < -0.3 is 15.8 Å². The average Bonchev–Trinajstić information content (AvgIpc) is 2.42. The Bertz CT molecular complexity index is 429. The first-order valence-electron chi connectivity index (χ1n) is 6.28. The Morgan fingerprint density at radius 1 is 1.32 bits per heavy atom. The molecule has 1 aromatic rings. The SMILES string of the molecule is CC[C@H](NC(=O)CCc1ccc(OC)cc1)C(N)=O. The van der Waals surface area contributed by atoms with Crippen LogP contribution in [0.25, 0.3) is 0 Å². The van der Waals surface area contributed by atoms with Crippen LogP contribution in [0, 0.1) is 0 Å². The molecule has 0 spiro atoms. The molecule has 0 aliphatic heterocycles. The summed E-state index contributed by atoms with van der Waals surface area (Å²) < 4.78 is 5.06. The third kappa shape index (κ3) is 4.99. The Morgan fingerprint density at radius 2 is 1.95 bits per heavy atom. The van der Waals surface area contributed by atoms with Crippen LogP contribution in [0.15, 0.2) is 24.3 Å². The van der Waals surface area contributed by atoms with Crippen LogP contribution in [0.2, 0.25) is 0 Å². The van der Waals surface area contributed by atoms with Gasteiger partial charge >= 0.3 is 0 Å². The van der Waals surface area contributed by atoms with Crippen LogP contribution in [0.4, 0.5) is 0 Å². The molecule has 0 bridgehead atoms. The second kappa shape index (κ2) is 7.41. The van der Waals surface area contributed by atoms with Gasteiger partial charge in [-0.25, -0.2) is 0 Å². The molecule has 3 N–H and O–H groups in total. The lowest BCUT2D eigenvalue weighted by Crippen LogP contribution is -2.44. The predicted molar refractivity (Wildman–Crippen MR) is 72.7 cm³/mol. The highest BCUT2D eigenvalue weighted by molar-refractivity contribution is 5.86. The van der Waals surface area contributed by atoms with Crippen molar-refractivity contribution in [3.63, 3.8) is 0 Å². The first-order chi connectivity index (χ1) is 9.06. The molecule has 2 amide bonds. The number of amides is 2. The van der Waals surface area contributed by atoms with Gasteiger partial charge in [0, 0.05) is 6.42 Å². The summed E-state index contributed by atoms with van der Waals surface area (Å²) in [5.41, 5.74) is 6.21. The Labute approximate surface area is 113 Å². The van der Waals surface area contributed by atoms with Gasteiger partial charge in [-0.1, -0.05) is 19.1 Å². The van der Waals surface area contributed by atoms with Crippen molar-refractivity contribution in [1.29, 1.82) is 0 Å². The standard InChI is InChI=1S/C14H20N2O3/c1-3-12(14(15)18)16-13(17)9-6-10-4-7-11(19-2)8-5-10/h4-5,7-8,12H,3,6,9H2,1-2H3,(H2,15,18)(H,16,17)/t12-/m0/s1. The molecule has 5 heteroatoms. The zero-order chi connectivity index (χ0) is 14.3. The second-order valence-corrected chi connectivity index (χ2v) is 4.28. The van der Waals surface area contributed by atoms with E-state index in [-0.39, 0.29) is 5.91 Å². The Kier molecular flexibility index (Phi) is 5.85. The smallest absolute Gasteiger partial charge is 0.239 e. The Morgan fingerprint density at radius 3 is 2.42 bits per heavy atom. The van der Waals surface area contributed by atoms with E-state index in [4.69, 9.17) is 10.5 Å². The minimum absolute atomic E-state index is 0.165. The lowest BCUT2D eigenvalue weighted by molar-refractivity contribution is -0.127. The quantitative estimate of drug-likeness (QED) is 0.771. The van der Waals surface area contributed by atoms with Gasteiger partial charge in [-0.2, -0.15) is 0 Å². The fraction of sp³-hybridized carbons (Fsp3) is 0.429. The molecule has 0 aromatic heterocycles. The number of ether oxygens (including phenoxy) is 1. The topological polar surface area (TPSA) is 81.4 Å². The molecule has 1 aromatic carbocycles. The molecule has 0 heterocycles. The van der Waals surface area contributed by atoms with Gasteiger partial charge in [-0.15, -0.1) is 0 Å². The maximum Gasteiger partial charge on any atom is 0.239 e. The van der Waals surface area contributed by atoms with Crippen molar-refractivity contribution < 1.29 is 14.3 Å². The van der Waals surface area contributed by atoms with E-state index < -0.39 is 11.9 Å². The molecule has 0 saturated carbocycles. The number of nitrogens with one attached hydrogen (secondary N) is 1. The lowest BCUT2D eigenvalue weighted by Gasteiger charge is -2.13. The number of aryl methyl sites for hydroxylation is 1. The van der Waals surface area contributed by atoms with Crippen molar-refractivity contribution in [3.8, 4) is 5.75 Å².